The van der Waals surface area contributed by atoms with Crippen LogP contribution in [0.25, 0.3) is 0 Å². The molecule has 7 unspecified atom stereocenters. The number of carbonyl (C=O) groups excluding carboxylic acids is 1. The number of ether oxygens (including phenoxy) is 9. The zero-order chi connectivity index (χ0) is 59.6. The van der Waals surface area contributed by atoms with E-state index in [1.165, 1.54) is 0 Å². The molecule has 29 atom stereocenters. The number of hydrogen-bond acceptors (Lipinski definition) is 24. The van der Waals surface area contributed by atoms with Crippen LogP contribution in [0.2, 0.25) is 0 Å². The molecule has 8 fully saturated rings. The monoisotopic (exact) mass is 1160 g/mol. The summed E-state index contributed by atoms with van der Waals surface area (Å²) in [4.78, 5) is 23.0. The van der Waals surface area contributed by atoms with E-state index in [1.54, 1.807) is 0 Å². The lowest BCUT2D eigenvalue weighted by atomic mass is 9.35. The molecule has 81 heavy (non-hydrogen) atoms. The molecule has 4 aliphatic carbocycles. The molecule has 0 radical (unpaired) electrons. The van der Waals surface area contributed by atoms with Gasteiger partial charge in [-0.15, -0.1) is 0 Å². The first-order chi connectivity index (χ1) is 37.8. The smallest absolute Gasteiger partial charge is 0.317 e. The van der Waals surface area contributed by atoms with Crippen molar-refractivity contribution >= 4 is 11.9 Å². The highest BCUT2D eigenvalue weighted by Crippen LogP contribution is 2.76. The van der Waals surface area contributed by atoms with E-state index in [4.69, 9.17) is 47.7 Å². The van der Waals surface area contributed by atoms with Crippen molar-refractivity contribution < 1.29 is 124 Å². The number of rotatable bonds is 18. The SMILES string of the molecule is CC(C)=CCC[C@](C)(O[C@@H]1O[C@H](CO[C@@H]2OC[C@@H](O)[C@@H](O)[C@H]2O)[C@@H](O)[C@@H](O)[C@H]1O)C1CCC2(C)C1C(O)CC1[C@@]3(C)CCC(O[C@@H]4O[C@H](CO)[C@@H](O)[C@@H](O)[C@H]4O[C@@H]4O[C@H](COC(=O)CC(=O)O)[C@@H](O)[C@@H](O)[C@H]4O)C(C)(C)C3CC[C@]12C. The van der Waals surface area contributed by atoms with Crippen molar-refractivity contribution in [1.29, 1.82) is 0 Å². The number of fused-ring (bicyclic) bond motifs is 5. The zero-order valence-corrected chi connectivity index (χ0v) is 47.7. The van der Waals surface area contributed by atoms with Gasteiger partial charge in [-0.2, -0.15) is 0 Å². The number of hydrogen-bond donors (Lipinski definition) is 14. The van der Waals surface area contributed by atoms with Gasteiger partial charge in [0.1, 0.15) is 105 Å². The van der Waals surface area contributed by atoms with Crippen LogP contribution in [0.3, 0.4) is 0 Å². The molecule has 25 nitrogen and oxygen atoms in total. The highest BCUT2D eigenvalue weighted by Gasteiger charge is 2.72. The number of allylic oxidation sites excluding steroid dienone is 2. The summed E-state index contributed by atoms with van der Waals surface area (Å²) in [6.07, 6.45) is -25.5. The Morgan fingerprint density at radius 1 is 0.630 bits per heavy atom. The maximum Gasteiger partial charge on any atom is 0.317 e. The van der Waals surface area contributed by atoms with Crippen molar-refractivity contribution in [2.75, 3.05) is 26.4 Å². The number of carbonyl (C=O) groups is 2. The van der Waals surface area contributed by atoms with E-state index >= 15 is 0 Å². The molecular formula is C56H92O25. The van der Waals surface area contributed by atoms with Gasteiger partial charge in [-0.05, 0) is 124 Å². The predicted molar refractivity (Wildman–Crippen MR) is 276 cm³/mol. The van der Waals surface area contributed by atoms with Crippen molar-refractivity contribution in [1.82, 2.24) is 0 Å². The van der Waals surface area contributed by atoms with Gasteiger partial charge in [0.15, 0.2) is 25.2 Å². The minimum atomic E-state index is -1.95. The number of aliphatic carboxylic acids is 1. The van der Waals surface area contributed by atoms with Crippen molar-refractivity contribution in [3.05, 3.63) is 11.6 Å². The van der Waals surface area contributed by atoms with Crippen molar-refractivity contribution in [2.45, 2.75) is 254 Å². The van der Waals surface area contributed by atoms with Gasteiger partial charge in [0.05, 0.1) is 37.6 Å². The van der Waals surface area contributed by atoms with Gasteiger partial charge in [0.25, 0.3) is 0 Å². The predicted octanol–water partition coefficient (Wildman–Crippen LogP) is -1.54. The van der Waals surface area contributed by atoms with Crippen molar-refractivity contribution in [2.24, 2.45) is 45.3 Å². The number of aliphatic hydroxyl groups is 13. The molecule has 4 heterocycles. The van der Waals surface area contributed by atoms with E-state index in [9.17, 15) is 76.0 Å². The van der Waals surface area contributed by atoms with Gasteiger partial charge in [-0.1, -0.05) is 46.3 Å². The van der Waals surface area contributed by atoms with Crippen LogP contribution in [0.5, 0.6) is 0 Å². The van der Waals surface area contributed by atoms with Gasteiger partial charge in [0, 0.05) is 0 Å². The topological polar surface area (TPSA) is 400 Å². The lowest BCUT2D eigenvalue weighted by Crippen LogP contribution is -2.68. The van der Waals surface area contributed by atoms with Crippen LogP contribution < -0.4 is 0 Å². The summed E-state index contributed by atoms with van der Waals surface area (Å²) in [5, 5.41) is 152. The minimum absolute atomic E-state index is 0.00544. The van der Waals surface area contributed by atoms with Gasteiger partial charge in [-0.25, -0.2) is 0 Å². The quantitative estimate of drug-likeness (QED) is 0.0320. The van der Waals surface area contributed by atoms with E-state index in [0.717, 1.165) is 24.8 Å². The molecule has 0 aromatic rings. The van der Waals surface area contributed by atoms with Gasteiger partial charge < -0.3 is 114 Å². The third-order valence-electron chi connectivity index (χ3n) is 21.0. The first kappa shape index (κ1) is 64.8. The summed E-state index contributed by atoms with van der Waals surface area (Å²) < 4.78 is 53.9. The number of carboxylic acids is 1. The van der Waals surface area contributed by atoms with E-state index in [1.807, 2.05) is 20.8 Å². The van der Waals surface area contributed by atoms with E-state index in [-0.39, 0.29) is 41.1 Å². The summed E-state index contributed by atoms with van der Waals surface area (Å²) in [5.41, 5.74) is -1.72. The van der Waals surface area contributed by atoms with Crippen LogP contribution in [-0.2, 0) is 52.2 Å². The standard InChI is InChI=1S/C56H92O25/c1-24(2)10-9-14-56(8,81-50-46(72)42(68)40(66)30(78-50)23-75-48-44(70)37(63)27(59)21-74-48)25-11-16-55(7)36(25)26(58)18-32-53(5)15-13-33(52(3,4)31(53)12-17-54(32,55)6)79-51-47(43(69)38(64)28(20-57)76-51)80-49-45(71)41(67)39(65)29(77-49)22-73-35(62)19-34(60)61/h10,25-33,36-51,57-59,63-72H,9,11-23H2,1-8H3,(H,60,61)/t25?,26?,27-,28-,29-,30-,31?,32?,33?,36?,37-,38-,39-,40-,41-,42-,43-,44-,45-,46-,47-,48+,49+,50+,51+,53+,54-,55?,56+/m1/s1. The highest BCUT2D eigenvalue weighted by atomic mass is 16.8. The molecule has 4 saturated heterocycles. The summed E-state index contributed by atoms with van der Waals surface area (Å²) >= 11 is 0. The fraction of sp³-hybridized carbons (Fsp3) is 0.929. The number of aliphatic hydroxyl groups excluding tert-OH is 13. The third-order valence-corrected chi connectivity index (χ3v) is 21.0. The van der Waals surface area contributed by atoms with Crippen LogP contribution in [0.4, 0.5) is 0 Å². The second kappa shape index (κ2) is 24.9. The molecule has 25 heteroatoms. The Labute approximate surface area is 472 Å². The summed E-state index contributed by atoms with van der Waals surface area (Å²) in [6.45, 7) is 14.8. The number of esters is 1. The molecule has 0 aromatic carbocycles. The Morgan fingerprint density at radius 2 is 1.22 bits per heavy atom. The van der Waals surface area contributed by atoms with Crippen LogP contribution in [0.15, 0.2) is 11.6 Å². The zero-order valence-electron chi connectivity index (χ0n) is 47.7. The highest BCUT2D eigenvalue weighted by molar-refractivity contribution is 5.90. The lowest BCUT2D eigenvalue weighted by molar-refractivity contribution is -0.378. The van der Waals surface area contributed by atoms with Crippen LogP contribution in [0.1, 0.15) is 120 Å². The second-order valence-electron chi connectivity index (χ2n) is 26.4. The molecule has 0 amide bonds. The number of carboxylic acid groups (broad SMARTS) is 1. The summed E-state index contributed by atoms with van der Waals surface area (Å²) in [5.74, 6) is -3.18. The fourth-order valence-electron chi connectivity index (χ4n) is 16.3. The van der Waals surface area contributed by atoms with Gasteiger partial charge in [0.2, 0.25) is 0 Å². The molecule has 0 spiro atoms. The van der Waals surface area contributed by atoms with Crippen LogP contribution >= 0.6 is 0 Å². The molecular weight excluding hydrogens is 1070 g/mol. The molecule has 8 aliphatic rings. The first-order valence-electron chi connectivity index (χ1n) is 28.8. The van der Waals surface area contributed by atoms with Crippen LogP contribution in [0, 0.1) is 45.3 Å². The summed E-state index contributed by atoms with van der Waals surface area (Å²) in [6, 6.07) is 0. The Kier molecular flexibility index (Phi) is 19.9. The molecule has 4 aliphatic heterocycles. The maximum atomic E-state index is 12.9. The van der Waals surface area contributed by atoms with Crippen LogP contribution in [-0.4, -0.2) is 244 Å². The molecule has 8 rings (SSSR count). The fourth-order valence-corrected chi connectivity index (χ4v) is 16.3. The Hall–Kier alpha value is -2.16. The molecule has 4 saturated carbocycles. The molecule has 466 valence electrons. The molecule has 0 bridgehead atoms. The Morgan fingerprint density at radius 3 is 1.86 bits per heavy atom. The third kappa shape index (κ3) is 12.2. The maximum absolute atomic E-state index is 12.9. The van der Waals surface area contributed by atoms with Gasteiger partial charge >= 0.3 is 11.9 Å². The Bertz CT molecular complexity index is 2180. The molecule has 0 aromatic heterocycles. The van der Waals surface area contributed by atoms with E-state index in [0.29, 0.717) is 38.5 Å². The largest absolute Gasteiger partial charge is 0.481 e. The van der Waals surface area contributed by atoms with Gasteiger partial charge in [-0.3, -0.25) is 9.59 Å². The second-order valence-corrected chi connectivity index (χ2v) is 26.4. The average molecular weight is 1170 g/mol. The summed E-state index contributed by atoms with van der Waals surface area (Å²) in [7, 11) is 0. The van der Waals surface area contributed by atoms with Crippen molar-refractivity contribution in [3.8, 4) is 0 Å². The normalized spacial score (nSPS) is 49.6. The first-order valence-corrected chi connectivity index (χ1v) is 28.8. The molecule has 14 N–H and O–H groups in total. The Balaban J connectivity index is 0.997. The van der Waals surface area contributed by atoms with E-state index in [2.05, 4.69) is 40.7 Å². The minimum Gasteiger partial charge on any atom is -0.481 e. The van der Waals surface area contributed by atoms with Crippen molar-refractivity contribution in [3.63, 3.8) is 0 Å². The van der Waals surface area contributed by atoms with E-state index < -0.39 is 184 Å². The lowest BCUT2D eigenvalue weighted by Gasteiger charge is -2.71. The average Bonchev–Trinajstić information content (AvgIpc) is 2.94.